The van der Waals surface area contributed by atoms with E-state index in [0.717, 1.165) is 16.9 Å². The number of hydrazone groups is 1. The summed E-state index contributed by atoms with van der Waals surface area (Å²) in [6, 6.07) is 24.5. The summed E-state index contributed by atoms with van der Waals surface area (Å²) >= 11 is 0. The minimum Gasteiger partial charge on any atom is -0.489 e. The van der Waals surface area contributed by atoms with Crippen LogP contribution in [0.3, 0.4) is 0 Å². The predicted octanol–water partition coefficient (Wildman–Crippen LogP) is 4.05. The standard InChI is InChI=1S/C24H23N3O3/c1-18-7-9-20(10-8-18)17-30-22-13-11-19(12-14-22)16-25-27-24(29)15-23(28)26-21-5-3-2-4-6-21/h2-14,16H,15,17H2,1H3,(H,26,28)(H,27,29). The third-order valence-corrected chi connectivity index (χ3v) is 4.19. The normalized spacial score (nSPS) is 10.6. The van der Waals surface area contributed by atoms with E-state index in [1.807, 2.05) is 49.4 Å². The average molecular weight is 401 g/mol. The van der Waals surface area contributed by atoms with E-state index in [0.29, 0.717) is 12.3 Å². The summed E-state index contributed by atoms with van der Waals surface area (Å²) in [5, 5.41) is 6.54. The van der Waals surface area contributed by atoms with E-state index < -0.39 is 11.8 Å². The Labute approximate surface area is 175 Å². The van der Waals surface area contributed by atoms with Crippen LogP contribution in [-0.2, 0) is 16.2 Å². The molecule has 2 N–H and O–H groups in total. The molecule has 0 unspecified atom stereocenters. The Bertz CT molecular complexity index is 998. The fraction of sp³-hybridized carbons (Fsp3) is 0.125. The molecule has 0 spiro atoms. The number of ether oxygens (including phenoxy) is 1. The summed E-state index contributed by atoms with van der Waals surface area (Å²) < 4.78 is 5.76. The van der Waals surface area contributed by atoms with E-state index in [1.54, 1.807) is 24.3 Å². The van der Waals surface area contributed by atoms with E-state index in [1.165, 1.54) is 11.8 Å². The van der Waals surface area contributed by atoms with Crippen molar-refractivity contribution in [3.8, 4) is 5.75 Å². The number of carbonyl (C=O) groups excluding carboxylic acids is 2. The lowest BCUT2D eigenvalue weighted by molar-refractivity contribution is -0.126. The van der Waals surface area contributed by atoms with E-state index in [4.69, 9.17) is 4.74 Å². The third kappa shape index (κ3) is 6.91. The molecule has 0 aliphatic carbocycles. The van der Waals surface area contributed by atoms with E-state index in [2.05, 4.69) is 28.0 Å². The summed E-state index contributed by atoms with van der Waals surface area (Å²) in [5.74, 6) is -0.143. The Kier molecular flexibility index (Phi) is 7.33. The molecule has 0 radical (unpaired) electrons. The van der Waals surface area contributed by atoms with Crippen LogP contribution < -0.4 is 15.5 Å². The zero-order valence-electron chi connectivity index (χ0n) is 16.7. The van der Waals surface area contributed by atoms with Crippen LogP contribution in [0.4, 0.5) is 5.69 Å². The molecule has 0 saturated carbocycles. The Hall–Kier alpha value is -3.93. The van der Waals surface area contributed by atoms with Crippen molar-refractivity contribution < 1.29 is 14.3 Å². The molecule has 0 bridgehead atoms. The van der Waals surface area contributed by atoms with E-state index >= 15 is 0 Å². The monoisotopic (exact) mass is 401 g/mol. The van der Waals surface area contributed by atoms with Gasteiger partial charge in [-0.05, 0) is 54.4 Å². The molecule has 2 amide bonds. The lowest BCUT2D eigenvalue weighted by Gasteiger charge is -2.07. The fourth-order valence-corrected chi connectivity index (χ4v) is 2.59. The number of anilines is 1. The van der Waals surface area contributed by atoms with Crippen LogP contribution in [0, 0.1) is 6.92 Å². The Morgan fingerprint density at radius 2 is 1.60 bits per heavy atom. The highest BCUT2D eigenvalue weighted by molar-refractivity contribution is 6.03. The zero-order valence-corrected chi connectivity index (χ0v) is 16.7. The highest BCUT2D eigenvalue weighted by Gasteiger charge is 2.08. The van der Waals surface area contributed by atoms with Crippen LogP contribution in [0.1, 0.15) is 23.1 Å². The van der Waals surface area contributed by atoms with Gasteiger partial charge in [-0.1, -0.05) is 48.0 Å². The molecule has 30 heavy (non-hydrogen) atoms. The van der Waals surface area contributed by atoms with Gasteiger partial charge >= 0.3 is 0 Å². The van der Waals surface area contributed by atoms with Gasteiger partial charge in [0.2, 0.25) is 11.8 Å². The smallest absolute Gasteiger partial charge is 0.249 e. The first kappa shape index (κ1) is 20.8. The number of carbonyl (C=O) groups is 2. The summed E-state index contributed by atoms with van der Waals surface area (Å²) in [5.41, 5.74) is 6.11. The minimum absolute atomic E-state index is 0.308. The number of hydrogen-bond donors (Lipinski definition) is 2. The number of para-hydroxylation sites is 1. The van der Waals surface area contributed by atoms with Gasteiger partial charge in [0.05, 0.1) is 6.21 Å². The Morgan fingerprint density at radius 1 is 0.900 bits per heavy atom. The highest BCUT2D eigenvalue weighted by Crippen LogP contribution is 2.14. The molecule has 6 heteroatoms. The first-order valence-electron chi connectivity index (χ1n) is 9.54. The molecule has 0 aromatic heterocycles. The number of aryl methyl sites for hydroxylation is 1. The third-order valence-electron chi connectivity index (χ3n) is 4.19. The molecule has 3 aromatic rings. The molecule has 0 fully saturated rings. The van der Waals surface area contributed by atoms with Gasteiger partial charge in [-0.25, -0.2) is 5.43 Å². The summed E-state index contributed by atoms with van der Waals surface area (Å²) in [6.07, 6.45) is 1.20. The first-order chi connectivity index (χ1) is 14.6. The van der Waals surface area contributed by atoms with Crippen LogP contribution in [0.15, 0.2) is 84.0 Å². The van der Waals surface area contributed by atoms with Crippen molar-refractivity contribution in [2.45, 2.75) is 20.0 Å². The lowest BCUT2D eigenvalue weighted by atomic mass is 10.2. The van der Waals surface area contributed by atoms with Crippen LogP contribution in [0.2, 0.25) is 0 Å². The van der Waals surface area contributed by atoms with Crippen molar-refractivity contribution in [2.75, 3.05) is 5.32 Å². The van der Waals surface area contributed by atoms with Gasteiger partial charge in [-0.15, -0.1) is 0 Å². The summed E-state index contributed by atoms with van der Waals surface area (Å²) in [6.45, 7) is 2.54. The molecule has 6 nitrogen and oxygen atoms in total. The quantitative estimate of drug-likeness (QED) is 0.339. The van der Waals surface area contributed by atoms with Crippen molar-refractivity contribution in [1.29, 1.82) is 0 Å². The number of hydrogen-bond acceptors (Lipinski definition) is 4. The topological polar surface area (TPSA) is 79.8 Å². The molecule has 3 aromatic carbocycles. The maximum Gasteiger partial charge on any atom is 0.249 e. The van der Waals surface area contributed by atoms with Gasteiger partial charge in [-0.3, -0.25) is 9.59 Å². The van der Waals surface area contributed by atoms with Crippen LogP contribution in [-0.4, -0.2) is 18.0 Å². The minimum atomic E-state index is -0.488. The highest BCUT2D eigenvalue weighted by atomic mass is 16.5. The van der Waals surface area contributed by atoms with E-state index in [-0.39, 0.29) is 6.42 Å². The number of nitrogens with one attached hydrogen (secondary N) is 2. The van der Waals surface area contributed by atoms with Crippen molar-refractivity contribution in [1.82, 2.24) is 5.43 Å². The van der Waals surface area contributed by atoms with Gasteiger partial charge in [0.25, 0.3) is 0 Å². The van der Waals surface area contributed by atoms with Crippen molar-refractivity contribution in [2.24, 2.45) is 5.10 Å². The summed E-state index contributed by atoms with van der Waals surface area (Å²) in [7, 11) is 0. The summed E-state index contributed by atoms with van der Waals surface area (Å²) in [4.78, 5) is 23.7. The Morgan fingerprint density at radius 3 is 2.30 bits per heavy atom. The molecule has 0 atom stereocenters. The second kappa shape index (κ2) is 10.6. The molecule has 0 aliphatic rings. The van der Waals surface area contributed by atoms with Gasteiger partial charge in [0.1, 0.15) is 18.8 Å². The molecule has 152 valence electrons. The molecular weight excluding hydrogens is 378 g/mol. The van der Waals surface area contributed by atoms with Crippen molar-refractivity contribution in [3.63, 3.8) is 0 Å². The zero-order chi connectivity index (χ0) is 21.2. The molecule has 3 rings (SSSR count). The van der Waals surface area contributed by atoms with Crippen LogP contribution in [0.25, 0.3) is 0 Å². The second-order valence-electron chi connectivity index (χ2n) is 6.73. The number of amides is 2. The largest absolute Gasteiger partial charge is 0.489 e. The molecular formula is C24H23N3O3. The molecule has 0 aliphatic heterocycles. The van der Waals surface area contributed by atoms with Crippen LogP contribution >= 0.6 is 0 Å². The van der Waals surface area contributed by atoms with Gasteiger partial charge in [-0.2, -0.15) is 5.10 Å². The fourth-order valence-electron chi connectivity index (χ4n) is 2.59. The first-order valence-corrected chi connectivity index (χ1v) is 9.54. The number of benzene rings is 3. The second-order valence-corrected chi connectivity index (χ2v) is 6.73. The van der Waals surface area contributed by atoms with Crippen molar-refractivity contribution in [3.05, 3.63) is 95.6 Å². The number of nitrogens with zero attached hydrogens (tertiary/aromatic N) is 1. The van der Waals surface area contributed by atoms with Gasteiger partial charge in [0.15, 0.2) is 0 Å². The molecule has 0 heterocycles. The maximum absolute atomic E-state index is 11.8. The lowest BCUT2D eigenvalue weighted by Crippen LogP contribution is -2.24. The van der Waals surface area contributed by atoms with Crippen molar-refractivity contribution >= 4 is 23.7 Å². The maximum atomic E-state index is 11.8. The predicted molar refractivity (Wildman–Crippen MR) is 117 cm³/mol. The van der Waals surface area contributed by atoms with Crippen LogP contribution in [0.5, 0.6) is 5.75 Å². The average Bonchev–Trinajstić information content (AvgIpc) is 2.75. The molecule has 0 saturated heterocycles. The SMILES string of the molecule is Cc1ccc(COc2ccc(C=NNC(=O)CC(=O)Nc3ccccc3)cc2)cc1. The van der Waals surface area contributed by atoms with Gasteiger partial charge < -0.3 is 10.1 Å². The van der Waals surface area contributed by atoms with E-state index in [9.17, 15) is 9.59 Å². The Balaban J connectivity index is 1.41. The van der Waals surface area contributed by atoms with Gasteiger partial charge in [0, 0.05) is 5.69 Å². The number of rotatable bonds is 8.